The molecule has 2 aromatic rings. The maximum atomic E-state index is 10.7. The van der Waals surface area contributed by atoms with Crippen LogP contribution in [0.5, 0.6) is 0 Å². The number of aliphatic carboxylic acids is 1. The molecule has 0 aromatic carbocycles. The average Bonchev–Trinajstić information content (AvgIpc) is 2.56. The lowest BCUT2D eigenvalue weighted by Gasteiger charge is -2.00. The first-order valence-corrected chi connectivity index (χ1v) is 5.24. The Hall–Kier alpha value is -1.29. The summed E-state index contributed by atoms with van der Waals surface area (Å²) < 4.78 is 2.02. The lowest BCUT2D eigenvalue weighted by molar-refractivity contribution is -0.136. The summed E-state index contributed by atoms with van der Waals surface area (Å²) in [6.45, 7) is 3.95. The van der Waals surface area contributed by atoms with Crippen LogP contribution in [0.25, 0.3) is 4.83 Å². The molecule has 2 rings (SSSR count). The lowest BCUT2D eigenvalue weighted by atomic mass is 10.2. The molecule has 0 atom stereocenters. The van der Waals surface area contributed by atoms with Gasteiger partial charge in [-0.25, -0.2) is 0 Å². The Kier molecular flexibility index (Phi) is 2.07. The van der Waals surface area contributed by atoms with Crippen LogP contribution in [-0.2, 0) is 11.2 Å². The maximum Gasteiger partial charge on any atom is 0.309 e. The number of rotatable bonds is 2. The first-order chi connectivity index (χ1) is 6.59. The molecule has 0 aliphatic carbocycles. The Morgan fingerprint density at radius 2 is 2.29 bits per heavy atom. The summed E-state index contributed by atoms with van der Waals surface area (Å²) in [5.41, 5.74) is 3.06. The van der Waals surface area contributed by atoms with Gasteiger partial charge in [-0.2, -0.15) is 0 Å². The summed E-state index contributed by atoms with van der Waals surface area (Å²) in [4.78, 5) is 11.8. The maximum absolute atomic E-state index is 10.7. The van der Waals surface area contributed by atoms with Gasteiger partial charge in [-0.05, 0) is 25.5 Å². The second-order valence-corrected chi connectivity index (χ2v) is 4.28. The molecule has 2 heterocycles. The van der Waals surface area contributed by atoms with Crippen molar-refractivity contribution in [2.45, 2.75) is 20.3 Å². The number of carbonyl (C=O) groups is 1. The predicted molar refractivity (Wildman–Crippen MR) is 56.1 cm³/mol. The Bertz CT molecular complexity index is 495. The van der Waals surface area contributed by atoms with E-state index in [-0.39, 0.29) is 6.42 Å². The van der Waals surface area contributed by atoms with Gasteiger partial charge in [0.05, 0.1) is 11.3 Å². The van der Waals surface area contributed by atoms with E-state index in [1.54, 1.807) is 11.3 Å². The topological polar surface area (TPSA) is 41.7 Å². The van der Waals surface area contributed by atoms with E-state index in [1.807, 2.05) is 29.7 Å². The van der Waals surface area contributed by atoms with Crippen molar-refractivity contribution in [2.24, 2.45) is 0 Å². The number of carboxylic acid groups (broad SMARTS) is 1. The molecule has 0 saturated carbocycles. The smallest absolute Gasteiger partial charge is 0.309 e. The van der Waals surface area contributed by atoms with Crippen molar-refractivity contribution in [3.05, 3.63) is 28.4 Å². The van der Waals surface area contributed by atoms with Crippen molar-refractivity contribution >= 4 is 22.1 Å². The Labute approximate surface area is 85.6 Å². The normalized spacial score (nSPS) is 11.0. The van der Waals surface area contributed by atoms with Crippen LogP contribution >= 0.6 is 11.3 Å². The van der Waals surface area contributed by atoms with E-state index >= 15 is 0 Å². The van der Waals surface area contributed by atoms with Crippen LogP contribution in [0.3, 0.4) is 0 Å². The van der Waals surface area contributed by atoms with Gasteiger partial charge in [0, 0.05) is 16.8 Å². The van der Waals surface area contributed by atoms with Gasteiger partial charge in [-0.15, -0.1) is 11.3 Å². The van der Waals surface area contributed by atoms with E-state index in [4.69, 9.17) is 5.11 Å². The van der Waals surface area contributed by atoms with E-state index < -0.39 is 5.97 Å². The molecule has 0 aliphatic heterocycles. The Morgan fingerprint density at radius 1 is 1.57 bits per heavy atom. The molecule has 0 saturated heterocycles. The third-order valence-electron chi connectivity index (χ3n) is 2.31. The van der Waals surface area contributed by atoms with Crippen molar-refractivity contribution in [2.75, 3.05) is 0 Å². The molecule has 0 radical (unpaired) electrons. The third-order valence-corrected chi connectivity index (χ3v) is 3.31. The second kappa shape index (κ2) is 3.13. The quantitative estimate of drug-likeness (QED) is 0.824. The van der Waals surface area contributed by atoms with Crippen molar-refractivity contribution in [1.82, 2.24) is 4.40 Å². The number of fused-ring (bicyclic) bond motifs is 1. The van der Waals surface area contributed by atoms with Crippen LogP contribution in [-0.4, -0.2) is 15.5 Å². The molecule has 2 aromatic heterocycles. The molecule has 0 unspecified atom stereocenters. The number of hydrogen-bond acceptors (Lipinski definition) is 2. The zero-order chi connectivity index (χ0) is 10.3. The molecule has 0 amide bonds. The number of carboxylic acids is 1. The van der Waals surface area contributed by atoms with E-state index in [9.17, 15) is 4.79 Å². The zero-order valence-corrected chi connectivity index (χ0v) is 8.89. The average molecular weight is 209 g/mol. The van der Waals surface area contributed by atoms with E-state index in [1.165, 1.54) is 0 Å². The monoisotopic (exact) mass is 209 g/mol. The molecule has 74 valence electrons. The van der Waals surface area contributed by atoms with E-state index in [0.29, 0.717) is 0 Å². The van der Waals surface area contributed by atoms with E-state index in [0.717, 1.165) is 21.8 Å². The van der Waals surface area contributed by atoms with Crippen LogP contribution < -0.4 is 0 Å². The predicted octanol–water partition coefficient (Wildman–Crippen LogP) is 2.24. The van der Waals surface area contributed by atoms with Gasteiger partial charge in [0.25, 0.3) is 0 Å². The fraction of sp³-hybridized carbons (Fsp3) is 0.300. The first-order valence-electron chi connectivity index (χ1n) is 4.36. The largest absolute Gasteiger partial charge is 0.481 e. The fourth-order valence-electron chi connectivity index (χ4n) is 1.68. The molecular weight excluding hydrogens is 198 g/mol. The van der Waals surface area contributed by atoms with Crippen LogP contribution in [0.1, 0.15) is 17.0 Å². The van der Waals surface area contributed by atoms with Crippen LogP contribution in [0.15, 0.2) is 11.4 Å². The molecule has 1 N–H and O–H groups in total. The van der Waals surface area contributed by atoms with Crippen LogP contribution in [0, 0.1) is 13.8 Å². The summed E-state index contributed by atoms with van der Waals surface area (Å²) in [5.74, 6) is -0.779. The molecule has 4 heteroatoms. The van der Waals surface area contributed by atoms with E-state index in [2.05, 4.69) is 0 Å². The van der Waals surface area contributed by atoms with Crippen molar-refractivity contribution in [3.63, 3.8) is 0 Å². The van der Waals surface area contributed by atoms with Gasteiger partial charge < -0.3 is 9.51 Å². The van der Waals surface area contributed by atoms with Crippen molar-refractivity contribution < 1.29 is 9.90 Å². The van der Waals surface area contributed by atoms with Crippen LogP contribution in [0.2, 0.25) is 0 Å². The summed E-state index contributed by atoms with van der Waals surface area (Å²) in [5, 5.41) is 10.8. The molecule has 0 fully saturated rings. The van der Waals surface area contributed by atoms with Gasteiger partial charge in [0.1, 0.15) is 0 Å². The van der Waals surface area contributed by atoms with Crippen molar-refractivity contribution in [3.8, 4) is 0 Å². The zero-order valence-electron chi connectivity index (χ0n) is 8.07. The van der Waals surface area contributed by atoms with Gasteiger partial charge >= 0.3 is 5.97 Å². The Balaban J connectivity index is 2.64. The van der Waals surface area contributed by atoms with Gasteiger partial charge in [-0.1, -0.05) is 0 Å². The summed E-state index contributed by atoms with van der Waals surface area (Å²) in [6, 6.07) is 2.04. The number of aryl methyl sites for hydroxylation is 2. The first kappa shape index (κ1) is 9.27. The highest BCUT2D eigenvalue weighted by atomic mass is 32.1. The summed E-state index contributed by atoms with van der Waals surface area (Å²) in [6.07, 6.45) is 0.0948. The Morgan fingerprint density at radius 3 is 2.93 bits per heavy atom. The molecule has 0 aliphatic rings. The highest BCUT2D eigenvalue weighted by Crippen LogP contribution is 2.23. The summed E-state index contributed by atoms with van der Waals surface area (Å²) in [7, 11) is 0. The second-order valence-electron chi connectivity index (χ2n) is 3.40. The molecule has 0 bridgehead atoms. The van der Waals surface area contributed by atoms with Gasteiger partial charge in [0.15, 0.2) is 0 Å². The minimum absolute atomic E-state index is 0.0948. The summed E-state index contributed by atoms with van der Waals surface area (Å²) >= 11 is 1.65. The van der Waals surface area contributed by atoms with Gasteiger partial charge in [-0.3, -0.25) is 4.79 Å². The fourth-order valence-corrected chi connectivity index (χ4v) is 2.68. The van der Waals surface area contributed by atoms with Crippen LogP contribution in [0.4, 0.5) is 0 Å². The molecule has 14 heavy (non-hydrogen) atoms. The number of aromatic nitrogens is 1. The molecular formula is C10H11NO2S. The highest BCUT2D eigenvalue weighted by Gasteiger charge is 2.12. The minimum Gasteiger partial charge on any atom is -0.481 e. The highest BCUT2D eigenvalue weighted by molar-refractivity contribution is 7.15. The standard InChI is InChI=1S/C10H11NO2S/c1-6-3-9-11(7(2)5-14-9)8(6)4-10(12)13/h3,5H,4H2,1-2H3,(H,12,13). The number of nitrogens with zero attached hydrogens (tertiary/aromatic N) is 1. The SMILES string of the molecule is Cc1cc2scc(C)n2c1CC(=O)O. The van der Waals surface area contributed by atoms with Crippen molar-refractivity contribution in [1.29, 1.82) is 0 Å². The number of thiazole rings is 1. The van der Waals surface area contributed by atoms with Gasteiger partial charge in [0.2, 0.25) is 0 Å². The minimum atomic E-state index is -0.779. The third kappa shape index (κ3) is 1.32. The molecule has 3 nitrogen and oxygen atoms in total. The lowest BCUT2D eigenvalue weighted by Crippen LogP contribution is -2.04. The molecule has 0 spiro atoms. The number of hydrogen-bond donors (Lipinski definition) is 1.